The lowest BCUT2D eigenvalue weighted by molar-refractivity contribution is -0.385. The second-order valence-electron chi connectivity index (χ2n) is 5.00. The highest BCUT2D eigenvalue weighted by Crippen LogP contribution is 2.18. The summed E-state index contributed by atoms with van der Waals surface area (Å²) in [5, 5.41) is 26.8. The van der Waals surface area contributed by atoms with Crippen LogP contribution in [0, 0.1) is 17.0 Å². The molecule has 25 heavy (non-hydrogen) atoms. The van der Waals surface area contributed by atoms with Gasteiger partial charge in [0.2, 0.25) is 0 Å². The maximum atomic E-state index is 12.2. The van der Waals surface area contributed by atoms with Crippen LogP contribution in [-0.4, -0.2) is 21.9 Å². The smallest absolute Gasteiger partial charge is 0.282 e. The third kappa shape index (κ3) is 4.36. The van der Waals surface area contributed by atoms with E-state index in [1.54, 1.807) is 13.0 Å². The second kappa shape index (κ2) is 7.49. The van der Waals surface area contributed by atoms with E-state index in [0.717, 1.165) is 0 Å². The van der Waals surface area contributed by atoms with Crippen molar-refractivity contribution in [3.05, 3.63) is 69.3 Å². The van der Waals surface area contributed by atoms with Crippen molar-refractivity contribution in [2.24, 2.45) is 0 Å². The molecule has 0 aliphatic heterocycles. The Labute approximate surface area is 147 Å². The maximum Gasteiger partial charge on any atom is 0.282 e. The molecule has 0 aliphatic rings. The van der Waals surface area contributed by atoms with Crippen LogP contribution >= 0.6 is 12.2 Å². The van der Waals surface area contributed by atoms with E-state index < -0.39 is 16.8 Å². The number of carbonyl (C=O) groups is 2. The monoisotopic (exact) mass is 358 g/mol. The van der Waals surface area contributed by atoms with Crippen LogP contribution in [0.2, 0.25) is 0 Å². The first kappa shape index (κ1) is 18.0. The molecule has 0 saturated carbocycles. The zero-order chi connectivity index (χ0) is 18.6. The van der Waals surface area contributed by atoms with Gasteiger partial charge in [0.15, 0.2) is 5.11 Å². The number of carboxylic acids is 1. The summed E-state index contributed by atoms with van der Waals surface area (Å²) in [7, 11) is 0. The summed E-state index contributed by atoms with van der Waals surface area (Å²) in [6.07, 6.45) is 0. The average molecular weight is 358 g/mol. The molecule has 8 nitrogen and oxygen atoms in total. The summed E-state index contributed by atoms with van der Waals surface area (Å²) in [5.41, 5.74) is 0.512. The molecular weight excluding hydrogens is 346 g/mol. The zero-order valence-electron chi connectivity index (χ0n) is 12.9. The summed E-state index contributed by atoms with van der Waals surface area (Å²) >= 11 is 5.01. The Kier molecular flexibility index (Phi) is 5.40. The van der Waals surface area contributed by atoms with Crippen molar-refractivity contribution in [1.29, 1.82) is 0 Å². The number of hydrogen-bond donors (Lipinski definition) is 2. The number of nitro benzene ring substituents is 1. The minimum absolute atomic E-state index is 0.0547. The molecule has 128 valence electrons. The predicted octanol–water partition coefficient (Wildman–Crippen LogP) is 1.39. The first-order chi connectivity index (χ1) is 11.8. The lowest BCUT2D eigenvalue weighted by Gasteiger charge is -2.13. The molecule has 0 aliphatic carbocycles. The van der Waals surface area contributed by atoms with Gasteiger partial charge in [-0.05, 0) is 42.4 Å². The van der Waals surface area contributed by atoms with Gasteiger partial charge in [-0.15, -0.1) is 0 Å². The van der Waals surface area contributed by atoms with Crippen molar-refractivity contribution in [1.82, 2.24) is 5.32 Å². The van der Waals surface area contributed by atoms with Gasteiger partial charge in [0, 0.05) is 11.8 Å². The van der Waals surface area contributed by atoms with Crippen molar-refractivity contribution in [2.45, 2.75) is 6.92 Å². The van der Waals surface area contributed by atoms with Crippen molar-refractivity contribution >= 4 is 40.6 Å². The number of nitrogens with zero attached hydrogens (tertiary/aromatic N) is 1. The minimum atomic E-state index is -1.35. The minimum Gasteiger partial charge on any atom is -0.545 e. The summed E-state index contributed by atoms with van der Waals surface area (Å²) in [6.45, 7) is 1.72. The van der Waals surface area contributed by atoms with Gasteiger partial charge in [0.1, 0.15) is 5.56 Å². The fourth-order valence-electron chi connectivity index (χ4n) is 2.03. The molecule has 2 N–H and O–H groups in total. The summed E-state index contributed by atoms with van der Waals surface area (Å²) < 4.78 is 0. The highest BCUT2D eigenvalue weighted by atomic mass is 32.1. The number of thiocarbonyl (C=S) groups is 1. The number of anilines is 1. The van der Waals surface area contributed by atoms with Crippen molar-refractivity contribution in [3.8, 4) is 0 Å². The first-order valence-electron chi connectivity index (χ1n) is 6.97. The van der Waals surface area contributed by atoms with Gasteiger partial charge in [0.05, 0.1) is 10.9 Å². The fourth-order valence-corrected chi connectivity index (χ4v) is 2.24. The Morgan fingerprint density at radius 1 is 1.16 bits per heavy atom. The Balaban J connectivity index is 2.16. The van der Waals surface area contributed by atoms with Gasteiger partial charge < -0.3 is 15.2 Å². The Morgan fingerprint density at radius 2 is 1.84 bits per heavy atom. The number of carboxylic acid groups (broad SMARTS) is 1. The molecule has 9 heteroatoms. The second-order valence-corrected chi connectivity index (χ2v) is 5.41. The Morgan fingerprint density at radius 3 is 2.48 bits per heavy atom. The quantitative estimate of drug-likeness (QED) is 0.481. The highest BCUT2D eigenvalue weighted by molar-refractivity contribution is 7.80. The summed E-state index contributed by atoms with van der Waals surface area (Å²) in [5.74, 6) is -2.10. The molecule has 2 aromatic carbocycles. The van der Waals surface area contributed by atoms with Gasteiger partial charge >= 0.3 is 0 Å². The molecule has 0 atom stereocenters. The van der Waals surface area contributed by atoms with Crippen LogP contribution in [0.3, 0.4) is 0 Å². The van der Waals surface area contributed by atoms with Crippen molar-refractivity contribution in [2.75, 3.05) is 5.32 Å². The largest absolute Gasteiger partial charge is 0.545 e. The van der Waals surface area contributed by atoms with Crippen LogP contribution in [0.15, 0.2) is 42.5 Å². The number of hydrogen-bond acceptors (Lipinski definition) is 6. The summed E-state index contributed by atoms with van der Waals surface area (Å²) in [4.78, 5) is 33.4. The molecule has 0 bridgehead atoms. The Bertz CT molecular complexity index is 882. The van der Waals surface area contributed by atoms with E-state index in [1.165, 1.54) is 36.4 Å². The van der Waals surface area contributed by atoms with Crippen molar-refractivity contribution < 1.29 is 19.6 Å². The van der Waals surface area contributed by atoms with Gasteiger partial charge in [-0.25, -0.2) is 0 Å². The fraction of sp³-hybridized carbons (Fsp3) is 0.0625. The van der Waals surface area contributed by atoms with E-state index in [-0.39, 0.29) is 21.9 Å². The van der Waals surface area contributed by atoms with Gasteiger partial charge in [-0.3, -0.25) is 20.2 Å². The summed E-state index contributed by atoms with van der Waals surface area (Å²) in [6, 6.07) is 9.70. The van der Waals surface area contributed by atoms with Crippen LogP contribution in [-0.2, 0) is 0 Å². The van der Waals surface area contributed by atoms with E-state index in [0.29, 0.717) is 11.3 Å². The molecule has 2 rings (SSSR count). The third-order valence-electron chi connectivity index (χ3n) is 3.29. The number of benzene rings is 2. The highest BCUT2D eigenvalue weighted by Gasteiger charge is 2.20. The SMILES string of the molecule is Cc1ccc(C(=O)[O-])cc1NC(=S)NC(=O)c1ccccc1[N+](=O)[O-]. The Hall–Kier alpha value is -3.33. The molecule has 0 heterocycles. The predicted molar refractivity (Wildman–Crippen MR) is 92.3 cm³/mol. The molecule has 0 unspecified atom stereocenters. The van der Waals surface area contributed by atoms with Crippen molar-refractivity contribution in [3.63, 3.8) is 0 Å². The van der Waals surface area contributed by atoms with E-state index in [4.69, 9.17) is 12.2 Å². The van der Waals surface area contributed by atoms with E-state index in [1.807, 2.05) is 0 Å². The van der Waals surface area contributed by atoms with Crippen LogP contribution in [0.25, 0.3) is 0 Å². The number of aryl methyl sites for hydroxylation is 1. The number of aromatic carboxylic acids is 1. The first-order valence-corrected chi connectivity index (χ1v) is 7.38. The molecule has 0 spiro atoms. The molecular formula is C16H12N3O5S-. The van der Waals surface area contributed by atoms with Crippen LogP contribution < -0.4 is 15.7 Å². The number of nitro groups is 1. The zero-order valence-corrected chi connectivity index (χ0v) is 13.8. The number of para-hydroxylation sites is 1. The normalized spacial score (nSPS) is 9.96. The van der Waals surface area contributed by atoms with Crippen LogP contribution in [0.1, 0.15) is 26.3 Å². The maximum absolute atomic E-state index is 12.2. The number of rotatable bonds is 4. The average Bonchev–Trinajstić information content (AvgIpc) is 2.56. The number of amides is 1. The van der Waals surface area contributed by atoms with E-state index in [2.05, 4.69) is 10.6 Å². The van der Waals surface area contributed by atoms with Gasteiger partial charge in [-0.1, -0.05) is 24.3 Å². The number of carbonyl (C=O) groups excluding carboxylic acids is 2. The molecule has 1 amide bonds. The molecule has 0 fully saturated rings. The lowest BCUT2D eigenvalue weighted by atomic mass is 10.1. The van der Waals surface area contributed by atoms with E-state index in [9.17, 15) is 24.8 Å². The standard InChI is InChI=1S/C16H13N3O5S/c1-9-6-7-10(15(21)22)8-12(9)17-16(25)18-14(20)11-4-2-3-5-13(11)19(23)24/h2-8H,1H3,(H,21,22)(H2,17,18,20,25)/p-1. The molecule has 0 radical (unpaired) electrons. The lowest BCUT2D eigenvalue weighted by Crippen LogP contribution is -2.34. The number of nitrogens with one attached hydrogen (secondary N) is 2. The molecule has 2 aromatic rings. The van der Waals surface area contributed by atoms with Crippen LogP contribution in [0.4, 0.5) is 11.4 Å². The molecule has 0 aromatic heterocycles. The third-order valence-corrected chi connectivity index (χ3v) is 3.50. The van der Waals surface area contributed by atoms with Gasteiger partial charge in [-0.2, -0.15) is 0 Å². The van der Waals surface area contributed by atoms with Gasteiger partial charge in [0.25, 0.3) is 11.6 Å². The topological polar surface area (TPSA) is 124 Å². The van der Waals surface area contributed by atoms with Crippen LogP contribution in [0.5, 0.6) is 0 Å². The van der Waals surface area contributed by atoms with E-state index >= 15 is 0 Å². The molecule has 0 saturated heterocycles.